The van der Waals surface area contributed by atoms with Gasteiger partial charge in [-0.25, -0.2) is 4.98 Å². The van der Waals surface area contributed by atoms with Crippen LogP contribution in [0.1, 0.15) is 22.4 Å². The summed E-state index contributed by atoms with van der Waals surface area (Å²) in [6.45, 7) is 1.41. The number of hydrogen-bond acceptors (Lipinski definition) is 4. The molecular weight excluding hydrogens is 578 g/mol. The molecule has 0 unspecified atom stereocenters. The van der Waals surface area contributed by atoms with Crippen LogP contribution in [0.4, 0.5) is 18.9 Å². The van der Waals surface area contributed by atoms with Gasteiger partial charge in [0.1, 0.15) is 12.4 Å². The normalized spacial score (nSPS) is 11.6. The number of nitrogens with one attached hydrogen (secondary N) is 1. The fourth-order valence-corrected chi connectivity index (χ4v) is 4.61. The van der Waals surface area contributed by atoms with Crippen molar-refractivity contribution in [3.63, 3.8) is 0 Å². The number of rotatable bonds is 8. The van der Waals surface area contributed by atoms with E-state index in [4.69, 9.17) is 27.9 Å². The topological polar surface area (TPSA) is 71.5 Å². The fraction of sp³-hybridized carbons (Fsp3) is 0.167. The number of aryl methyl sites for hydroxylation is 1. The van der Waals surface area contributed by atoms with E-state index in [-0.39, 0.29) is 17.2 Å². The van der Waals surface area contributed by atoms with E-state index in [1.54, 1.807) is 12.1 Å². The first-order valence-electron chi connectivity index (χ1n) is 12.3. The van der Waals surface area contributed by atoms with Crippen molar-refractivity contribution in [2.75, 3.05) is 18.5 Å². The molecule has 2 amide bonds. The highest BCUT2D eigenvalue weighted by Gasteiger charge is 2.32. The Labute approximate surface area is 244 Å². The molecule has 0 saturated carbocycles. The minimum absolute atomic E-state index is 0.00925. The van der Waals surface area contributed by atoms with E-state index in [2.05, 4.69) is 10.3 Å². The molecule has 11 heteroatoms. The molecule has 0 aliphatic heterocycles. The Kier molecular flexibility index (Phi) is 9.20. The van der Waals surface area contributed by atoms with E-state index in [1.165, 1.54) is 30.1 Å². The highest BCUT2D eigenvalue weighted by molar-refractivity contribution is 6.38. The molecule has 41 heavy (non-hydrogen) atoms. The Balaban J connectivity index is 1.42. The van der Waals surface area contributed by atoms with E-state index in [9.17, 15) is 22.8 Å². The number of alkyl halides is 3. The monoisotopic (exact) mass is 601 g/mol. The van der Waals surface area contributed by atoms with Crippen molar-refractivity contribution in [3.05, 3.63) is 105 Å². The van der Waals surface area contributed by atoms with Gasteiger partial charge in [0.25, 0.3) is 0 Å². The molecule has 212 valence electrons. The molecule has 4 aromatic rings. The molecule has 0 bridgehead atoms. The van der Waals surface area contributed by atoms with Crippen molar-refractivity contribution in [3.8, 4) is 5.75 Å². The predicted octanol–water partition coefficient (Wildman–Crippen LogP) is 7.24. The second kappa shape index (κ2) is 12.6. The third-order valence-electron chi connectivity index (χ3n) is 6.24. The Hall–Kier alpha value is -4.08. The van der Waals surface area contributed by atoms with Crippen LogP contribution >= 0.6 is 23.2 Å². The van der Waals surface area contributed by atoms with Crippen LogP contribution in [0.5, 0.6) is 5.75 Å². The van der Waals surface area contributed by atoms with E-state index < -0.39 is 30.1 Å². The Morgan fingerprint density at radius 2 is 1.76 bits per heavy atom. The Morgan fingerprint density at radius 1 is 1.05 bits per heavy atom. The smallest absolute Gasteiger partial charge is 0.416 e. The van der Waals surface area contributed by atoms with Gasteiger partial charge in [0, 0.05) is 29.1 Å². The second-order valence-corrected chi connectivity index (χ2v) is 9.79. The zero-order valence-corrected chi connectivity index (χ0v) is 23.4. The van der Waals surface area contributed by atoms with E-state index in [0.29, 0.717) is 27.7 Å². The molecule has 0 aliphatic carbocycles. The summed E-state index contributed by atoms with van der Waals surface area (Å²) < 4.78 is 45.5. The maximum absolute atomic E-state index is 13.2. The molecule has 4 rings (SSSR count). The average Bonchev–Trinajstić information content (AvgIpc) is 2.94. The first kappa shape index (κ1) is 29.9. The summed E-state index contributed by atoms with van der Waals surface area (Å²) in [6.07, 6.45) is -2.59. The van der Waals surface area contributed by atoms with Gasteiger partial charge in [0.05, 0.1) is 34.0 Å². The van der Waals surface area contributed by atoms with Gasteiger partial charge in [-0.2, -0.15) is 13.2 Å². The van der Waals surface area contributed by atoms with Gasteiger partial charge in [-0.3, -0.25) is 9.59 Å². The van der Waals surface area contributed by atoms with Crippen LogP contribution in [-0.4, -0.2) is 30.4 Å². The van der Waals surface area contributed by atoms with Crippen LogP contribution in [0, 0.1) is 6.92 Å². The van der Waals surface area contributed by atoms with Gasteiger partial charge in [0.15, 0.2) is 0 Å². The van der Waals surface area contributed by atoms with Gasteiger partial charge in [-0.15, -0.1) is 0 Å². The van der Waals surface area contributed by atoms with Crippen molar-refractivity contribution in [2.45, 2.75) is 19.7 Å². The first-order valence-corrected chi connectivity index (χ1v) is 13.1. The van der Waals surface area contributed by atoms with E-state index in [0.717, 1.165) is 29.1 Å². The molecule has 0 atom stereocenters. The number of pyridine rings is 1. The molecular formula is C30H24Cl2F3N3O3. The molecule has 0 aliphatic rings. The number of halogens is 5. The van der Waals surface area contributed by atoms with Gasteiger partial charge in [-0.05, 0) is 48.9 Å². The van der Waals surface area contributed by atoms with Crippen molar-refractivity contribution >= 4 is 57.7 Å². The zero-order valence-electron chi connectivity index (χ0n) is 21.9. The first-order chi connectivity index (χ1) is 19.5. The maximum Gasteiger partial charge on any atom is 0.416 e. The SMILES string of the molecule is Cc1nc2ccccc2cc1OCc1c(Cl)ccc(N(C)C(=O)CNC(=O)C=Cc2ccccc2C(F)(F)F)c1Cl. The van der Waals surface area contributed by atoms with E-state index >= 15 is 0 Å². The number of nitrogens with zero attached hydrogens (tertiary/aromatic N) is 2. The lowest BCUT2D eigenvalue weighted by atomic mass is 10.1. The minimum atomic E-state index is -4.57. The van der Waals surface area contributed by atoms with Gasteiger partial charge in [-0.1, -0.05) is 59.6 Å². The highest BCUT2D eigenvalue weighted by Crippen LogP contribution is 2.35. The van der Waals surface area contributed by atoms with Gasteiger partial charge < -0.3 is 15.0 Å². The maximum atomic E-state index is 13.2. The van der Waals surface area contributed by atoms with Crippen molar-refractivity contribution in [1.82, 2.24) is 10.3 Å². The van der Waals surface area contributed by atoms with Crippen LogP contribution < -0.4 is 15.0 Å². The van der Waals surface area contributed by atoms with Crippen LogP contribution in [0.25, 0.3) is 17.0 Å². The molecule has 1 heterocycles. The number of para-hydroxylation sites is 1. The molecule has 3 aromatic carbocycles. The number of hydrogen-bond donors (Lipinski definition) is 1. The largest absolute Gasteiger partial charge is 0.487 e. The average molecular weight is 602 g/mol. The number of amides is 2. The summed E-state index contributed by atoms with van der Waals surface area (Å²) in [5.41, 5.74) is 1.26. The number of carbonyl (C=O) groups excluding carboxylic acids is 2. The molecule has 1 N–H and O–H groups in total. The summed E-state index contributed by atoms with van der Waals surface area (Å²) in [5, 5.41) is 3.81. The third kappa shape index (κ3) is 7.17. The van der Waals surface area contributed by atoms with Gasteiger partial charge in [0.2, 0.25) is 11.8 Å². The number of carbonyl (C=O) groups is 2. The molecule has 0 fully saturated rings. The standard InChI is InChI=1S/C30H24Cl2F3N3O3/c1-18-26(15-20-8-4-6-10-24(20)37-18)41-17-21-23(31)12-13-25(29(21)32)38(2)28(40)16-36-27(39)14-11-19-7-3-5-9-22(19)30(33,34)35/h3-15H,16-17H2,1-2H3,(H,36,39). The lowest BCUT2D eigenvalue weighted by Gasteiger charge is -2.21. The highest BCUT2D eigenvalue weighted by atomic mass is 35.5. The van der Waals surface area contributed by atoms with Crippen LogP contribution in [0.15, 0.2) is 72.8 Å². The zero-order chi connectivity index (χ0) is 29.7. The summed E-state index contributed by atoms with van der Waals surface area (Å²) in [4.78, 5) is 30.8. The van der Waals surface area contributed by atoms with Crippen molar-refractivity contribution in [2.24, 2.45) is 0 Å². The Bertz CT molecular complexity index is 1640. The number of aromatic nitrogens is 1. The third-order valence-corrected chi connectivity index (χ3v) is 7.01. The lowest BCUT2D eigenvalue weighted by molar-refractivity contribution is -0.137. The number of fused-ring (bicyclic) bond motifs is 1. The summed E-state index contributed by atoms with van der Waals surface area (Å²) in [6, 6.07) is 17.5. The minimum Gasteiger partial charge on any atom is -0.487 e. The Morgan fingerprint density at radius 3 is 2.51 bits per heavy atom. The molecule has 1 aromatic heterocycles. The predicted molar refractivity (Wildman–Crippen MR) is 154 cm³/mol. The summed E-state index contributed by atoms with van der Waals surface area (Å²) >= 11 is 13.0. The molecule has 6 nitrogen and oxygen atoms in total. The van der Waals surface area contributed by atoms with Crippen molar-refractivity contribution in [1.29, 1.82) is 0 Å². The fourth-order valence-electron chi connectivity index (χ4n) is 4.01. The van der Waals surface area contributed by atoms with Gasteiger partial charge >= 0.3 is 6.18 Å². The molecule has 0 saturated heterocycles. The number of benzene rings is 3. The van der Waals surface area contributed by atoms with Crippen LogP contribution in [0.2, 0.25) is 10.0 Å². The quantitative estimate of drug-likeness (QED) is 0.216. The second-order valence-electron chi connectivity index (χ2n) is 9.00. The van der Waals surface area contributed by atoms with E-state index in [1.807, 2.05) is 37.3 Å². The number of ether oxygens (including phenoxy) is 1. The van der Waals surface area contributed by atoms with Crippen LogP contribution in [0.3, 0.4) is 0 Å². The summed E-state index contributed by atoms with van der Waals surface area (Å²) in [5.74, 6) is -0.702. The molecule has 0 spiro atoms. The number of likely N-dealkylation sites (N-methyl/N-ethyl adjacent to an activating group) is 1. The molecule has 0 radical (unpaired) electrons. The number of anilines is 1. The van der Waals surface area contributed by atoms with Crippen LogP contribution in [-0.2, 0) is 22.4 Å². The van der Waals surface area contributed by atoms with Crippen molar-refractivity contribution < 1.29 is 27.5 Å². The summed E-state index contributed by atoms with van der Waals surface area (Å²) in [7, 11) is 1.47. The lowest BCUT2D eigenvalue weighted by Crippen LogP contribution is -2.37.